The molecule has 3 nitrogen and oxygen atoms in total. The predicted molar refractivity (Wildman–Crippen MR) is 81.7 cm³/mol. The second kappa shape index (κ2) is 9.60. The topological polar surface area (TPSA) is 60.4 Å². The Morgan fingerprint density at radius 3 is 2.47 bits per heavy atom. The molecule has 0 heterocycles. The van der Waals surface area contributed by atoms with Crippen LogP contribution in [0.3, 0.4) is 0 Å². The molecule has 1 aromatic carbocycles. The van der Waals surface area contributed by atoms with Crippen LogP contribution in [0.4, 0.5) is 0 Å². The van der Waals surface area contributed by atoms with Gasteiger partial charge in [0.25, 0.3) is 0 Å². The zero-order valence-corrected chi connectivity index (χ0v) is 13.2. The first-order valence-corrected chi connectivity index (χ1v) is 9.70. The Hall–Kier alpha value is -0.280. The summed E-state index contributed by atoms with van der Waals surface area (Å²) in [5.74, 6) is 0.726. The molecule has 0 bridgehead atoms. The summed E-state index contributed by atoms with van der Waals surface area (Å²) in [5, 5.41) is 0. The molecule has 0 aromatic heterocycles. The average Bonchev–Trinajstić information content (AvgIpc) is 2.41. The van der Waals surface area contributed by atoms with Crippen molar-refractivity contribution in [1.82, 2.24) is 0 Å². The number of unbranched alkanes of at least 4 members (excludes halogenated alkanes) is 3. The summed E-state index contributed by atoms with van der Waals surface area (Å²) in [6.07, 6.45) is 5.48. The van der Waals surface area contributed by atoms with Gasteiger partial charge < -0.3 is 9.45 Å². The van der Waals surface area contributed by atoms with E-state index in [0.29, 0.717) is 12.6 Å². The minimum atomic E-state index is -2.39. The predicted octanol–water partition coefficient (Wildman–Crippen LogP) is 3.38. The van der Waals surface area contributed by atoms with Crippen LogP contribution in [0.1, 0.15) is 38.2 Å². The smallest absolute Gasteiger partial charge is 0.189 e. The van der Waals surface area contributed by atoms with E-state index >= 15 is 0 Å². The molecule has 2 unspecified atom stereocenters. The van der Waals surface area contributed by atoms with Crippen LogP contribution in [0.25, 0.3) is 0 Å². The van der Waals surface area contributed by atoms with Crippen LogP contribution in [0.2, 0.25) is 0 Å². The van der Waals surface area contributed by atoms with E-state index in [1.54, 1.807) is 0 Å². The van der Waals surface area contributed by atoms with E-state index in [-0.39, 0.29) is 0 Å². The molecule has 0 saturated heterocycles. The van der Waals surface area contributed by atoms with Gasteiger partial charge in [-0.2, -0.15) is 0 Å². The lowest BCUT2D eigenvalue weighted by Gasteiger charge is -2.10. The highest BCUT2D eigenvalue weighted by Crippen LogP contribution is 2.18. The van der Waals surface area contributed by atoms with Gasteiger partial charge in [0, 0.05) is 6.16 Å². The van der Waals surface area contributed by atoms with Crippen LogP contribution < -0.4 is 0 Å². The normalized spacial score (nSPS) is 14.3. The Labute approximate surface area is 119 Å². The van der Waals surface area contributed by atoms with E-state index in [0.717, 1.165) is 29.1 Å². The molecule has 2 atom stereocenters. The van der Waals surface area contributed by atoms with E-state index in [4.69, 9.17) is 4.89 Å². The van der Waals surface area contributed by atoms with Crippen LogP contribution in [-0.2, 0) is 22.2 Å². The molecule has 0 amide bonds. The van der Waals surface area contributed by atoms with Gasteiger partial charge in [0.2, 0.25) is 0 Å². The molecule has 0 radical (unpaired) electrons. The van der Waals surface area contributed by atoms with Crippen molar-refractivity contribution in [2.75, 3.05) is 11.9 Å². The van der Waals surface area contributed by atoms with Crippen molar-refractivity contribution in [2.45, 2.75) is 43.9 Å². The quantitative estimate of drug-likeness (QED) is 0.432. The maximum Gasteiger partial charge on any atom is 0.189 e. The van der Waals surface area contributed by atoms with Crippen molar-refractivity contribution in [1.29, 1.82) is 0 Å². The molecule has 5 heteroatoms. The van der Waals surface area contributed by atoms with E-state index in [1.807, 2.05) is 24.3 Å². The van der Waals surface area contributed by atoms with Crippen LogP contribution >= 0.6 is 8.03 Å². The molecule has 0 aliphatic carbocycles. The van der Waals surface area contributed by atoms with Gasteiger partial charge in [0.1, 0.15) is 5.75 Å². The lowest BCUT2D eigenvalue weighted by atomic mass is 10.2. The molecule has 1 rings (SSSR count). The van der Waals surface area contributed by atoms with Crippen molar-refractivity contribution in [2.24, 2.45) is 0 Å². The number of benzene rings is 1. The lowest BCUT2D eigenvalue weighted by Crippen LogP contribution is -2.07. The molecule has 108 valence electrons. The van der Waals surface area contributed by atoms with Gasteiger partial charge in [-0.15, -0.1) is 0 Å². The lowest BCUT2D eigenvalue weighted by molar-refractivity contribution is 0.502. The maximum absolute atomic E-state index is 12.0. The minimum Gasteiger partial charge on any atom is -0.611 e. The maximum atomic E-state index is 12.0. The number of hydrogen-bond acceptors (Lipinski definition) is 2. The summed E-state index contributed by atoms with van der Waals surface area (Å²) >= 11 is -0.913. The fourth-order valence-electron chi connectivity index (χ4n) is 1.84. The van der Waals surface area contributed by atoms with E-state index in [1.165, 1.54) is 12.8 Å². The number of rotatable bonds is 9. The largest absolute Gasteiger partial charge is 0.611 e. The third kappa shape index (κ3) is 7.17. The third-order valence-electron chi connectivity index (χ3n) is 3.00. The van der Waals surface area contributed by atoms with Crippen LogP contribution in [0.5, 0.6) is 0 Å². The highest BCUT2D eigenvalue weighted by molar-refractivity contribution is 7.91. The van der Waals surface area contributed by atoms with E-state index in [2.05, 4.69) is 6.92 Å². The Balaban J connectivity index is 2.39. The molecule has 0 spiro atoms. The zero-order chi connectivity index (χ0) is 14.1. The van der Waals surface area contributed by atoms with E-state index in [9.17, 15) is 9.12 Å². The average molecular weight is 302 g/mol. The second-order valence-electron chi connectivity index (χ2n) is 4.65. The molecular formula is C14H23O3PS. The number of hydrogen-bond donors (Lipinski definition) is 1. The van der Waals surface area contributed by atoms with Gasteiger partial charge in [-0.25, -0.2) is 0 Å². The molecule has 0 saturated carbocycles. The Bertz CT molecular complexity index is 381. The standard InChI is InChI=1S/C14H23O3PS/c1-2-3-4-5-12-19(17)14-8-6-13(7-9-14)10-11-18(15)16/h6-9,18H,2-5,10-12H2,1H3,(H,15,16). The van der Waals surface area contributed by atoms with Crippen LogP contribution in [0.15, 0.2) is 29.2 Å². The summed E-state index contributed by atoms with van der Waals surface area (Å²) in [6.45, 7) is 2.16. The summed E-state index contributed by atoms with van der Waals surface area (Å²) < 4.78 is 22.7. The first-order valence-electron chi connectivity index (χ1n) is 6.82. The van der Waals surface area contributed by atoms with Gasteiger partial charge in [0.05, 0.1) is 0 Å². The second-order valence-corrected chi connectivity index (χ2v) is 7.51. The van der Waals surface area contributed by atoms with Crippen LogP contribution in [0, 0.1) is 0 Å². The Morgan fingerprint density at radius 2 is 1.89 bits per heavy atom. The van der Waals surface area contributed by atoms with Crippen LogP contribution in [-0.4, -0.2) is 21.4 Å². The molecule has 0 aliphatic rings. The number of aryl methyl sites for hydroxylation is 1. The Kier molecular flexibility index (Phi) is 8.47. The highest BCUT2D eigenvalue weighted by Gasteiger charge is 2.10. The fraction of sp³-hybridized carbons (Fsp3) is 0.571. The zero-order valence-electron chi connectivity index (χ0n) is 11.4. The van der Waals surface area contributed by atoms with Crippen molar-refractivity contribution in [3.05, 3.63) is 29.8 Å². The van der Waals surface area contributed by atoms with Gasteiger partial charge in [-0.05, 0) is 48.1 Å². The fourth-order valence-corrected chi connectivity index (χ4v) is 3.48. The molecule has 0 aliphatic heterocycles. The first kappa shape index (κ1) is 16.8. The van der Waals surface area contributed by atoms with Gasteiger partial charge in [-0.1, -0.05) is 31.9 Å². The summed E-state index contributed by atoms with van der Waals surface area (Å²) in [4.78, 5) is 9.65. The van der Waals surface area contributed by atoms with Gasteiger partial charge in [-0.3, -0.25) is 4.57 Å². The summed E-state index contributed by atoms with van der Waals surface area (Å²) in [5.41, 5.74) is 1.03. The third-order valence-corrected chi connectivity index (χ3v) is 5.13. The first-order chi connectivity index (χ1) is 9.13. The minimum absolute atomic E-state index is 0.324. The van der Waals surface area contributed by atoms with E-state index < -0.39 is 19.2 Å². The molecule has 1 aromatic rings. The van der Waals surface area contributed by atoms with Gasteiger partial charge in [0.15, 0.2) is 12.9 Å². The van der Waals surface area contributed by atoms with Crippen molar-refractivity contribution in [3.8, 4) is 0 Å². The highest BCUT2D eigenvalue weighted by atomic mass is 32.2. The van der Waals surface area contributed by atoms with Gasteiger partial charge >= 0.3 is 0 Å². The molecule has 1 N–H and O–H groups in total. The van der Waals surface area contributed by atoms with Crippen molar-refractivity contribution >= 4 is 19.2 Å². The van der Waals surface area contributed by atoms with Crippen molar-refractivity contribution in [3.63, 3.8) is 0 Å². The molecule has 0 fully saturated rings. The monoisotopic (exact) mass is 302 g/mol. The van der Waals surface area contributed by atoms with Crippen molar-refractivity contribution < 1.29 is 14.0 Å². The SMILES string of the molecule is CCCCCC[S+]([O-])c1ccc(CC[PH](=O)O)cc1. The molecular weight excluding hydrogens is 279 g/mol. The Morgan fingerprint density at radius 1 is 1.21 bits per heavy atom. The summed E-state index contributed by atoms with van der Waals surface area (Å²) in [6, 6.07) is 7.56. The molecule has 19 heavy (non-hydrogen) atoms. The summed E-state index contributed by atoms with van der Waals surface area (Å²) in [7, 11) is -2.39.